The molecule has 4 nitrogen and oxygen atoms in total. The number of carbonyl (C=O) groups excluding carboxylic acids is 1. The first-order valence-corrected chi connectivity index (χ1v) is 6.24. The lowest BCUT2D eigenvalue weighted by atomic mass is 9.84. The predicted molar refractivity (Wildman–Crippen MR) is 70.5 cm³/mol. The fourth-order valence-corrected chi connectivity index (χ4v) is 1.80. The van der Waals surface area contributed by atoms with Crippen molar-refractivity contribution in [2.75, 3.05) is 13.2 Å². The largest absolute Gasteiger partial charge is 0.396 e. The molecule has 0 spiro atoms. The molecule has 0 fully saturated rings. The molecule has 0 aliphatic carbocycles. The van der Waals surface area contributed by atoms with Gasteiger partial charge >= 0.3 is 0 Å². The van der Waals surface area contributed by atoms with Crippen molar-refractivity contribution in [2.24, 2.45) is 17.1 Å². The second kappa shape index (κ2) is 6.36. The van der Waals surface area contributed by atoms with E-state index in [0.717, 1.165) is 6.42 Å². The van der Waals surface area contributed by atoms with Gasteiger partial charge < -0.3 is 16.2 Å². The van der Waals surface area contributed by atoms with E-state index in [0.29, 0.717) is 13.0 Å². The molecule has 1 unspecified atom stereocenters. The zero-order valence-corrected chi connectivity index (χ0v) is 11.8. The van der Waals surface area contributed by atoms with Gasteiger partial charge in [0.05, 0.1) is 5.92 Å². The molecule has 0 bridgehead atoms. The predicted octanol–water partition coefficient (Wildman–Crippen LogP) is 1.27. The molecule has 0 aromatic carbocycles. The van der Waals surface area contributed by atoms with Crippen molar-refractivity contribution in [3.05, 3.63) is 0 Å². The minimum atomic E-state index is -0.378. The van der Waals surface area contributed by atoms with Gasteiger partial charge in [-0.2, -0.15) is 0 Å². The third-order valence-corrected chi connectivity index (χ3v) is 2.71. The summed E-state index contributed by atoms with van der Waals surface area (Å²) in [6.45, 7) is 10.5. The number of nitrogens with two attached hydrogens (primary N) is 1. The van der Waals surface area contributed by atoms with Gasteiger partial charge in [0, 0.05) is 18.7 Å². The van der Waals surface area contributed by atoms with Crippen LogP contribution >= 0.6 is 0 Å². The SMILES string of the molecule is CC(C)(C)CC(CN)C(=O)NC(C)(C)CCO. The second-order valence-electron chi connectivity index (χ2n) is 6.54. The summed E-state index contributed by atoms with van der Waals surface area (Å²) in [5.74, 6) is -0.172. The quantitative estimate of drug-likeness (QED) is 0.658. The van der Waals surface area contributed by atoms with Crippen LogP contribution < -0.4 is 11.1 Å². The molecule has 0 radical (unpaired) electrons. The van der Waals surface area contributed by atoms with Gasteiger partial charge in [-0.1, -0.05) is 20.8 Å². The average Bonchev–Trinajstić information content (AvgIpc) is 2.11. The summed E-state index contributed by atoms with van der Waals surface area (Å²) >= 11 is 0. The van der Waals surface area contributed by atoms with Crippen molar-refractivity contribution >= 4 is 5.91 Å². The summed E-state index contributed by atoms with van der Waals surface area (Å²) in [6, 6.07) is 0. The van der Waals surface area contributed by atoms with Crippen LogP contribution in [0.5, 0.6) is 0 Å². The van der Waals surface area contributed by atoms with Crippen LogP contribution in [0.2, 0.25) is 0 Å². The van der Waals surface area contributed by atoms with Gasteiger partial charge in [-0.25, -0.2) is 0 Å². The summed E-state index contributed by atoms with van der Waals surface area (Å²) in [6.07, 6.45) is 1.32. The maximum atomic E-state index is 12.1. The lowest BCUT2D eigenvalue weighted by Gasteiger charge is -2.30. The number of nitrogens with one attached hydrogen (secondary N) is 1. The Balaban J connectivity index is 4.45. The van der Waals surface area contributed by atoms with E-state index >= 15 is 0 Å². The summed E-state index contributed by atoms with van der Waals surface area (Å²) in [5.41, 5.74) is 5.37. The van der Waals surface area contributed by atoms with Crippen LogP contribution in [0.25, 0.3) is 0 Å². The number of amides is 1. The van der Waals surface area contributed by atoms with E-state index in [1.165, 1.54) is 0 Å². The Morgan fingerprint density at radius 1 is 1.29 bits per heavy atom. The maximum absolute atomic E-state index is 12.1. The highest BCUT2D eigenvalue weighted by molar-refractivity contribution is 5.79. The summed E-state index contributed by atoms with van der Waals surface area (Å²) < 4.78 is 0. The fraction of sp³-hybridized carbons (Fsp3) is 0.923. The Kier molecular flexibility index (Phi) is 6.13. The van der Waals surface area contributed by atoms with E-state index in [9.17, 15) is 4.79 Å². The molecule has 1 atom stereocenters. The van der Waals surface area contributed by atoms with E-state index in [1.54, 1.807) is 0 Å². The highest BCUT2D eigenvalue weighted by Crippen LogP contribution is 2.24. The van der Waals surface area contributed by atoms with E-state index in [2.05, 4.69) is 26.1 Å². The Labute approximate surface area is 105 Å². The van der Waals surface area contributed by atoms with E-state index < -0.39 is 0 Å². The zero-order chi connectivity index (χ0) is 13.7. The third-order valence-electron chi connectivity index (χ3n) is 2.71. The number of hydrogen-bond donors (Lipinski definition) is 3. The number of aliphatic hydroxyl groups excluding tert-OH is 1. The van der Waals surface area contributed by atoms with Crippen LogP contribution in [0, 0.1) is 11.3 Å². The molecule has 17 heavy (non-hydrogen) atoms. The van der Waals surface area contributed by atoms with Crippen LogP contribution in [0.3, 0.4) is 0 Å². The first-order chi connectivity index (χ1) is 7.61. The molecule has 4 N–H and O–H groups in total. The monoisotopic (exact) mass is 244 g/mol. The van der Waals surface area contributed by atoms with Crippen molar-refractivity contribution in [3.8, 4) is 0 Å². The molecule has 0 aliphatic rings. The molecular formula is C13H28N2O2. The maximum Gasteiger partial charge on any atom is 0.224 e. The first-order valence-electron chi connectivity index (χ1n) is 6.24. The topological polar surface area (TPSA) is 75.4 Å². The lowest BCUT2D eigenvalue weighted by Crippen LogP contribution is -2.48. The normalized spacial score (nSPS) is 14.5. The molecule has 0 heterocycles. The molecule has 0 aromatic heterocycles. The van der Waals surface area contributed by atoms with Gasteiger partial charge in [-0.15, -0.1) is 0 Å². The van der Waals surface area contributed by atoms with Crippen LogP contribution in [-0.2, 0) is 4.79 Å². The smallest absolute Gasteiger partial charge is 0.224 e. The number of carbonyl (C=O) groups is 1. The Hall–Kier alpha value is -0.610. The molecule has 4 heteroatoms. The molecule has 0 rings (SSSR count). The summed E-state index contributed by atoms with van der Waals surface area (Å²) in [4.78, 5) is 12.1. The van der Waals surface area contributed by atoms with Crippen molar-refractivity contribution in [2.45, 2.75) is 53.0 Å². The van der Waals surface area contributed by atoms with E-state index in [4.69, 9.17) is 10.8 Å². The van der Waals surface area contributed by atoms with Crippen LogP contribution in [0.1, 0.15) is 47.5 Å². The van der Waals surface area contributed by atoms with Gasteiger partial charge in [-0.3, -0.25) is 4.79 Å². The third kappa shape index (κ3) is 7.34. The van der Waals surface area contributed by atoms with Crippen molar-refractivity contribution < 1.29 is 9.90 Å². The Morgan fingerprint density at radius 2 is 1.82 bits per heavy atom. The van der Waals surface area contributed by atoms with E-state index in [1.807, 2.05) is 13.8 Å². The van der Waals surface area contributed by atoms with Crippen LogP contribution in [-0.4, -0.2) is 29.7 Å². The number of hydrogen-bond acceptors (Lipinski definition) is 3. The molecule has 0 saturated heterocycles. The van der Waals surface area contributed by atoms with Crippen LogP contribution in [0.4, 0.5) is 0 Å². The molecule has 102 valence electrons. The number of rotatable bonds is 6. The summed E-state index contributed by atoms with van der Waals surface area (Å²) in [7, 11) is 0. The minimum absolute atomic E-state index is 0.0131. The highest BCUT2D eigenvalue weighted by atomic mass is 16.3. The van der Waals surface area contributed by atoms with Gasteiger partial charge in [0.15, 0.2) is 0 Å². The van der Waals surface area contributed by atoms with Gasteiger partial charge in [0.2, 0.25) is 5.91 Å². The molecular weight excluding hydrogens is 216 g/mol. The van der Waals surface area contributed by atoms with Crippen molar-refractivity contribution in [1.82, 2.24) is 5.32 Å². The zero-order valence-electron chi connectivity index (χ0n) is 11.8. The minimum Gasteiger partial charge on any atom is -0.396 e. The number of aliphatic hydroxyl groups is 1. The Morgan fingerprint density at radius 3 is 2.18 bits per heavy atom. The summed E-state index contributed by atoms with van der Waals surface area (Å²) in [5, 5.41) is 11.9. The molecule has 0 saturated carbocycles. The van der Waals surface area contributed by atoms with Crippen molar-refractivity contribution in [1.29, 1.82) is 0 Å². The van der Waals surface area contributed by atoms with Crippen LogP contribution in [0.15, 0.2) is 0 Å². The van der Waals surface area contributed by atoms with Gasteiger partial charge in [-0.05, 0) is 32.1 Å². The van der Waals surface area contributed by atoms with Crippen molar-refractivity contribution in [3.63, 3.8) is 0 Å². The lowest BCUT2D eigenvalue weighted by molar-refractivity contribution is -0.127. The second-order valence-corrected chi connectivity index (χ2v) is 6.54. The highest BCUT2D eigenvalue weighted by Gasteiger charge is 2.27. The molecule has 0 aromatic rings. The average molecular weight is 244 g/mol. The molecule has 0 aliphatic heterocycles. The first kappa shape index (κ1) is 16.4. The van der Waals surface area contributed by atoms with Gasteiger partial charge in [0.25, 0.3) is 0 Å². The molecule has 1 amide bonds. The van der Waals surface area contributed by atoms with Gasteiger partial charge in [0.1, 0.15) is 0 Å². The van der Waals surface area contributed by atoms with E-state index in [-0.39, 0.29) is 29.4 Å². The fourth-order valence-electron chi connectivity index (χ4n) is 1.80. The Bertz CT molecular complexity index is 244. The standard InChI is InChI=1S/C13H28N2O2/c1-12(2,3)8-10(9-14)11(17)15-13(4,5)6-7-16/h10,16H,6-9,14H2,1-5H3,(H,15,17).